The van der Waals surface area contributed by atoms with Crippen LogP contribution in [0.5, 0.6) is 0 Å². The van der Waals surface area contributed by atoms with Crippen LogP contribution in [0.4, 0.5) is 18.9 Å². The van der Waals surface area contributed by atoms with Crippen molar-refractivity contribution in [2.75, 3.05) is 5.32 Å². The first-order chi connectivity index (χ1) is 9.77. The number of nitrogens with zero attached hydrogens (tertiary/aromatic N) is 3. The van der Waals surface area contributed by atoms with Gasteiger partial charge < -0.3 is 5.32 Å². The van der Waals surface area contributed by atoms with Crippen molar-refractivity contribution in [2.24, 2.45) is 0 Å². The van der Waals surface area contributed by atoms with Crippen LogP contribution in [0, 0.1) is 6.92 Å². The van der Waals surface area contributed by atoms with E-state index in [1.165, 1.54) is 24.0 Å². The standard InChI is InChI=1S/C11H11ClF3N5O/c1-6-9(10(19-18-6)11(13,14)15)17-8(21)2-3-20-5-7(12)4-16-20/h4-5H,2-3H2,1H3,(H,17,21)(H,18,19). The van der Waals surface area contributed by atoms with Crippen LogP contribution in [-0.4, -0.2) is 25.9 Å². The van der Waals surface area contributed by atoms with Gasteiger partial charge in [0.05, 0.1) is 22.6 Å². The number of hydrogen-bond donors (Lipinski definition) is 2. The molecule has 0 unspecified atom stereocenters. The van der Waals surface area contributed by atoms with Crippen molar-refractivity contribution < 1.29 is 18.0 Å². The molecular formula is C11H11ClF3N5O. The SMILES string of the molecule is Cc1[nH]nc(C(F)(F)F)c1NC(=O)CCn1cc(Cl)cn1. The third kappa shape index (κ3) is 3.75. The molecule has 114 valence electrons. The number of alkyl halides is 3. The molecule has 21 heavy (non-hydrogen) atoms. The number of aryl methyl sites for hydroxylation is 2. The summed E-state index contributed by atoms with van der Waals surface area (Å²) in [6.07, 6.45) is -1.76. The molecular weight excluding hydrogens is 311 g/mol. The fourth-order valence-electron chi connectivity index (χ4n) is 1.67. The number of anilines is 1. The van der Waals surface area contributed by atoms with Crippen LogP contribution in [-0.2, 0) is 17.5 Å². The van der Waals surface area contributed by atoms with Crippen molar-refractivity contribution in [3.05, 3.63) is 28.8 Å². The number of carbonyl (C=O) groups is 1. The fraction of sp³-hybridized carbons (Fsp3) is 0.364. The molecule has 0 fully saturated rings. The highest BCUT2D eigenvalue weighted by molar-refractivity contribution is 6.30. The molecule has 2 N–H and O–H groups in total. The Hall–Kier alpha value is -2.03. The van der Waals surface area contributed by atoms with Crippen molar-refractivity contribution in [3.8, 4) is 0 Å². The minimum atomic E-state index is -4.64. The molecule has 1 amide bonds. The van der Waals surface area contributed by atoms with E-state index in [2.05, 4.69) is 20.6 Å². The maximum absolute atomic E-state index is 12.7. The summed E-state index contributed by atoms with van der Waals surface area (Å²) in [4.78, 5) is 11.7. The maximum atomic E-state index is 12.7. The average molecular weight is 322 g/mol. The van der Waals surface area contributed by atoms with Crippen LogP contribution >= 0.6 is 11.6 Å². The van der Waals surface area contributed by atoms with Gasteiger partial charge in [-0.2, -0.15) is 23.4 Å². The second kappa shape index (κ2) is 5.76. The molecule has 6 nitrogen and oxygen atoms in total. The second-order valence-corrected chi connectivity index (χ2v) is 4.73. The Bertz CT molecular complexity index is 649. The molecule has 0 atom stereocenters. The Kier molecular flexibility index (Phi) is 4.21. The van der Waals surface area contributed by atoms with Gasteiger partial charge in [-0.1, -0.05) is 11.6 Å². The maximum Gasteiger partial charge on any atom is 0.437 e. The highest BCUT2D eigenvalue weighted by Gasteiger charge is 2.38. The zero-order valence-corrected chi connectivity index (χ0v) is 11.6. The van der Waals surface area contributed by atoms with Crippen molar-refractivity contribution >= 4 is 23.2 Å². The summed E-state index contributed by atoms with van der Waals surface area (Å²) < 4.78 is 39.5. The molecule has 2 aromatic rings. The van der Waals surface area contributed by atoms with Crippen molar-refractivity contribution in [1.82, 2.24) is 20.0 Å². The number of nitrogens with one attached hydrogen (secondary N) is 2. The second-order valence-electron chi connectivity index (χ2n) is 4.29. The average Bonchev–Trinajstić information content (AvgIpc) is 2.94. The van der Waals surface area contributed by atoms with Crippen molar-refractivity contribution in [3.63, 3.8) is 0 Å². The Labute approximate surface area is 122 Å². The van der Waals surface area contributed by atoms with Gasteiger partial charge >= 0.3 is 6.18 Å². The van der Waals surface area contributed by atoms with E-state index < -0.39 is 17.8 Å². The summed E-state index contributed by atoms with van der Waals surface area (Å²) in [6.45, 7) is 1.60. The zero-order chi connectivity index (χ0) is 15.6. The molecule has 2 rings (SSSR count). The number of rotatable bonds is 4. The largest absolute Gasteiger partial charge is 0.437 e. The van der Waals surface area contributed by atoms with E-state index in [0.29, 0.717) is 5.02 Å². The van der Waals surface area contributed by atoms with Gasteiger partial charge in [0.25, 0.3) is 0 Å². The molecule has 0 aliphatic rings. The van der Waals surface area contributed by atoms with Gasteiger partial charge in [-0.15, -0.1) is 0 Å². The van der Waals surface area contributed by atoms with Crippen LogP contribution < -0.4 is 5.32 Å². The molecule has 0 radical (unpaired) electrons. The molecule has 0 aromatic carbocycles. The van der Waals surface area contributed by atoms with Gasteiger partial charge in [0, 0.05) is 19.2 Å². The Morgan fingerprint density at radius 2 is 2.24 bits per heavy atom. The number of hydrogen-bond acceptors (Lipinski definition) is 3. The normalized spacial score (nSPS) is 11.7. The van der Waals surface area contributed by atoms with Gasteiger partial charge in [0.1, 0.15) is 0 Å². The summed E-state index contributed by atoms with van der Waals surface area (Å²) in [7, 11) is 0. The van der Waals surface area contributed by atoms with Crippen molar-refractivity contribution in [1.29, 1.82) is 0 Å². The van der Waals surface area contributed by atoms with E-state index in [4.69, 9.17) is 11.6 Å². The highest BCUT2D eigenvalue weighted by atomic mass is 35.5. The minimum Gasteiger partial charge on any atom is -0.323 e. The lowest BCUT2D eigenvalue weighted by Gasteiger charge is -2.09. The van der Waals surface area contributed by atoms with E-state index in [1.54, 1.807) is 0 Å². The lowest BCUT2D eigenvalue weighted by Crippen LogP contribution is -2.18. The quantitative estimate of drug-likeness (QED) is 0.909. The van der Waals surface area contributed by atoms with Crippen LogP contribution in [0.3, 0.4) is 0 Å². The molecule has 0 aliphatic carbocycles. The summed E-state index contributed by atoms with van der Waals surface area (Å²) in [5, 5.41) is 11.9. The smallest absolute Gasteiger partial charge is 0.323 e. The number of carbonyl (C=O) groups excluding carboxylic acids is 1. The third-order valence-electron chi connectivity index (χ3n) is 2.65. The predicted octanol–water partition coefficient (Wildman–Crippen LogP) is 2.62. The van der Waals surface area contributed by atoms with Gasteiger partial charge in [-0.3, -0.25) is 14.6 Å². The predicted molar refractivity (Wildman–Crippen MR) is 68.8 cm³/mol. The molecule has 2 heterocycles. The Morgan fingerprint density at radius 1 is 1.52 bits per heavy atom. The number of aromatic nitrogens is 4. The lowest BCUT2D eigenvalue weighted by atomic mass is 10.2. The third-order valence-corrected chi connectivity index (χ3v) is 2.85. The van der Waals surface area contributed by atoms with E-state index in [1.807, 2.05) is 0 Å². The zero-order valence-electron chi connectivity index (χ0n) is 10.8. The van der Waals surface area contributed by atoms with Crippen LogP contribution in [0.15, 0.2) is 12.4 Å². The number of amides is 1. The number of H-pyrrole nitrogens is 1. The summed E-state index contributed by atoms with van der Waals surface area (Å²) in [5.74, 6) is -0.573. The first-order valence-corrected chi connectivity index (χ1v) is 6.25. The molecule has 0 saturated carbocycles. The number of aromatic amines is 1. The topological polar surface area (TPSA) is 75.6 Å². The van der Waals surface area contributed by atoms with Crippen LogP contribution in [0.25, 0.3) is 0 Å². The minimum absolute atomic E-state index is 0.0417. The van der Waals surface area contributed by atoms with E-state index in [9.17, 15) is 18.0 Å². The summed E-state index contributed by atoms with van der Waals surface area (Å²) in [5.41, 5.74) is -1.36. The van der Waals surface area contributed by atoms with E-state index in [-0.39, 0.29) is 24.3 Å². The van der Waals surface area contributed by atoms with E-state index >= 15 is 0 Å². The van der Waals surface area contributed by atoms with Gasteiger partial charge in [0.15, 0.2) is 5.69 Å². The Morgan fingerprint density at radius 3 is 2.81 bits per heavy atom. The molecule has 0 aliphatic heterocycles. The van der Waals surface area contributed by atoms with Crippen molar-refractivity contribution in [2.45, 2.75) is 26.1 Å². The molecule has 0 spiro atoms. The van der Waals surface area contributed by atoms with Crippen LogP contribution in [0.1, 0.15) is 17.8 Å². The van der Waals surface area contributed by atoms with E-state index in [0.717, 1.165) is 0 Å². The first kappa shape index (κ1) is 15.4. The highest BCUT2D eigenvalue weighted by Crippen LogP contribution is 2.34. The molecule has 0 saturated heterocycles. The summed E-state index contributed by atoms with van der Waals surface area (Å²) in [6, 6.07) is 0. The fourth-order valence-corrected chi connectivity index (χ4v) is 1.82. The number of halogens is 4. The molecule has 0 bridgehead atoms. The lowest BCUT2D eigenvalue weighted by molar-refractivity contribution is -0.140. The van der Waals surface area contributed by atoms with Gasteiger partial charge in [-0.25, -0.2) is 0 Å². The van der Waals surface area contributed by atoms with Crippen LogP contribution in [0.2, 0.25) is 5.02 Å². The molecule has 2 aromatic heterocycles. The van der Waals surface area contributed by atoms with Gasteiger partial charge in [0.2, 0.25) is 5.91 Å². The molecule has 10 heteroatoms. The Balaban J connectivity index is 2.01. The summed E-state index contributed by atoms with van der Waals surface area (Å²) >= 11 is 5.66. The first-order valence-electron chi connectivity index (χ1n) is 5.87. The monoisotopic (exact) mass is 321 g/mol. The van der Waals surface area contributed by atoms with Gasteiger partial charge in [-0.05, 0) is 6.92 Å².